The van der Waals surface area contributed by atoms with E-state index in [0.29, 0.717) is 23.3 Å². The van der Waals surface area contributed by atoms with E-state index in [9.17, 15) is 14.7 Å². The van der Waals surface area contributed by atoms with Crippen molar-refractivity contribution in [3.8, 4) is 16.9 Å². The van der Waals surface area contributed by atoms with E-state index in [0.717, 1.165) is 17.2 Å². The van der Waals surface area contributed by atoms with Gasteiger partial charge in [0.15, 0.2) is 0 Å². The third-order valence-electron chi connectivity index (χ3n) is 4.83. The van der Waals surface area contributed by atoms with Gasteiger partial charge in [0.2, 0.25) is 5.91 Å². The van der Waals surface area contributed by atoms with Crippen LogP contribution in [-0.4, -0.2) is 30.6 Å². The summed E-state index contributed by atoms with van der Waals surface area (Å²) in [5.74, 6) is -0.194. The number of ether oxygens (including phenoxy) is 1. The summed E-state index contributed by atoms with van der Waals surface area (Å²) in [7, 11) is 2.07. The van der Waals surface area contributed by atoms with Crippen LogP contribution < -0.4 is 15.8 Å². The lowest BCUT2D eigenvalue weighted by atomic mass is 9.96. The number of hydrogen-bond acceptors (Lipinski definition) is 5. The predicted molar refractivity (Wildman–Crippen MR) is 109 cm³/mol. The van der Waals surface area contributed by atoms with E-state index in [-0.39, 0.29) is 6.61 Å². The zero-order valence-electron chi connectivity index (χ0n) is 16.2. The van der Waals surface area contributed by atoms with Crippen molar-refractivity contribution in [1.82, 2.24) is 5.32 Å². The van der Waals surface area contributed by atoms with E-state index in [1.54, 1.807) is 42.5 Å². The fraction of sp³-hybridized carbons (Fsp3) is 0.364. The molecule has 0 aromatic heterocycles. The molecule has 0 aliphatic heterocycles. The van der Waals surface area contributed by atoms with Gasteiger partial charge in [0.25, 0.3) is 6.47 Å². The molecule has 150 valence electrons. The van der Waals surface area contributed by atoms with Gasteiger partial charge in [-0.3, -0.25) is 9.59 Å². The molecule has 1 amide bonds. The standard InChI is InChI=1S/C15H13NO4.C7H15N/c16-15(19)12-3-1-2-11(6-12)13-4-10(8-17)5-14(7-13)20-9-18;1-8-7-5-3-2-4-6-7/h1-7,9,17H,8H2,(H2,16,19);7-8H,2-6H2,1H3. The molecule has 2 aromatic carbocycles. The van der Waals surface area contributed by atoms with Crippen molar-refractivity contribution in [3.63, 3.8) is 0 Å². The summed E-state index contributed by atoms with van der Waals surface area (Å²) in [6.45, 7) is 0.138. The second-order valence-corrected chi connectivity index (χ2v) is 6.81. The summed E-state index contributed by atoms with van der Waals surface area (Å²) in [5, 5.41) is 12.5. The Morgan fingerprint density at radius 3 is 2.50 bits per heavy atom. The lowest BCUT2D eigenvalue weighted by molar-refractivity contribution is -0.120. The molecule has 1 aliphatic rings. The van der Waals surface area contributed by atoms with Crippen LogP contribution >= 0.6 is 0 Å². The molecule has 0 spiro atoms. The highest BCUT2D eigenvalue weighted by molar-refractivity contribution is 5.94. The van der Waals surface area contributed by atoms with Crippen LogP contribution in [0.4, 0.5) is 0 Å². The van der Waals surface area contributed by atoms with Crippen LogP contribution in [0.15, 0.2) is 42.5 Å². The first-order valence-electron chi connectivity index (χ1n) is 9.50. The molecule has 28 heavy (non-hydrogen) atoms. The molecule has 0 saturated heterocycles. The van der Waals surface area contributed by atoms with Crippen molar-refractivity contribution in [3.05, 3.63) is 53.6 Å². The van der Waals surface area contributed by atoms with E-state index in [2.05, 4.69) is 12.4 Å². The summed E-state index contributed by atoms with van der Waals surface area (Å²) < 4.78 is 4.80. The molecule has 1 fully saturated rings. The normalized spacial score (nSPS) is 13.9. The van der Waals surface area contributed by atoms with E-state index < -0.39 is 5.91 Å². The molecule has 0 bridgehead atoms. The summed E-state index contributed by atoms with van der Waals surface area (Å²) in [4.78, 5) is 21.6. The van der Waals surface area contributed by atoms with Gasteiger partial charge in [-0.2, -0.15) is 0 Å². The fourth-order valence-corrected chi connectivity index (χ4v) is 3.29. The van der Waals surface area contributed by atoms with Crippen molar-refractivity contribution in [2.24, 2.45) is 5.73 Å². The van der Waals surface area contributed by atoms with Gasteiger partial charge in [0.05, 0.1) is 6.61 Å². The van der Waals surface area contributed by atoms with Gasteiger partial charge in [-0.15, -0.1) is 0 Å². The minimum absolute atomic E-state index is 0.182. The Labute approximate surface area is 165 Å². The number of rotatable bonds is 6. The van der Waals surface area contributed by atoms with Crippen LogP contribution in [0, 0.1) is 0 Å². The molecule has 6 nitrogen and oxygen atoms in total. The van der Waals surface area contributed by atoms with Gasteiger partial charge in [0.1, 0.15) is 5.75 Å². The Hall–Kier alpha value is -2.70. The molecular formula is C22H28N2O4. The van der Waals surface area contributed by atoms with Gasteiger partial charge >= 0.3 is 0 Å². The summed E-state index contributed by atoms with van der Waals surface area (Å²) in [5.41, 5.74) is 7.69. The van der Waals surface area contributed by atoms with Gasteiger partial charge in [-0.05, 0) is 66.9 Å². The Bertz CT molecular complexity index is 786. The number of aliphatic hydroxyl groups is 1. The Morgan fingerprint density at radius 1 is 1.18 bits per heavy atom. The van der Waals surface area contributed by atoms with E-state index in [1.807, 2.05) is 0 Å². The second kappa shape index (κ2) is 11.2. The van der Waals surface area contributed by atoms with Crippen LogP contribution in [0.1, 0.15) is 48.0 Å². The number of carbonyl (C=O) groups is 2. The number of nitrogens with one attached hydrogen (secondary N) is 1. The van der Waals surface area contributed by atoms with Gasteiger partial charge < -0.3 is 20.9 Å². The van der Waals surface area contributed by atoms with Crippen LogP contribution in [0.2, 0.25) is 0 Å². The first kappa shape index (κ1) is 21.6. The second-order valence-electron chi connectivity index (χ2n) is 6.81. The topological polar surface area (TPSA) is 102 Å². The average molecular weight is 384 g/mol. The molecule has 1 aliphatic carbocycles. The molecule has 0 unspecified atom stereocenters. The monoisotopic (exact) mass is 384 g/mol. The SMILES string of the molecule is CNC1CCCCC1.NC(=O)c1cccc(-c2cc(CO)cc(OC=O)c2)c1. The number of benzene rings is 2. The van der Waals surface area contributed by atoms with E-state index >= 15 is 0 Å². The van der Waals surface area contributed by atoms with Crippen molar-refractivity contribution in [1.29, 1.82) is 0 Å². The number of hydrogen-bond donors (Lipinski definition) is 3. The molecular weight excluding hydrogens is 356 g/mol. The molecule has 0 radical (unpaired) electrons. The highest BCUT2D eigenvalue weighted by Crippen LogP contribution is 2.27. The van der Waals surface area contributed by atoms with Crippen LogP contribution in [-0.2, 0) is 11.4 Å². The minimum Gasteiger partial charge on any atom is -0.429 e. The highest BCUT2D eigenvalue weighted by atomic mass is 16.5. The van der Waals surface area contributed by atoms with Crippen LogP contribution in [0.25, 0.3) is 11.1 Å². The van der Waals surface area contributed by atoms with Crippen molar-refractivity contribution in [2.45, 2.75) is 44.8 Å². The lowest BCUT2D eigenvalue weighted by Crippen LogP contribution is -2.26. The average Bonchev–Trinajstić information content (AvgIpc) is 2.75. The van der Waals surface area contributed by atoms with E-state index in [1.165, 1.54) is 32.1 Å². The molecule has 0 atom stereocenters. The number of carbonyl (C=O) groups excluding carboxylic acids is 2. The third kappa shape index (κ3) is 6.48. The largest absolute Gasteiger partial charge is 0.429 e. The molecule has 0 heterocycles. The summed E-state index contributed by atoms with van der Waals surface area (Å²) in [6.07, 6.45) is 7.13. The Balaban J connectivity index is 0.000000292. The maximum atomic E-state index is 11.2. The van der Waals surface area contributed by atoms with Crippen LogP contribution in [0.5, 0.6) is 5.75 Å². The zero-order chi connectivity index (χ0) is 20.4. The molecule has 3 rings (SSSR count). The van der Waals surface area contributed by atoms with Gasteiger partial charge in [-0.1, -0.05) is 31.4 Å². The maximum Gasteiger partial charge on any atom is 0.298 e. The maximum absolute atomic E-state index is 11.2. The predicted octanol–water partition coefficient (Wildman–Crippen LogP) is 3.02. The Morgan fingerprint density at radius 2 is 1.93 bits per heavy atom. The number of primary amides is 1. The van der Waals surface area contributed by atoms with Gasteiger partial charge in [-0.25, -0.2) is 0 Å². The molecule has 1 saturated carbocycles. The minimum atomic E-state index is -0.519. The summed E-state index contributed by atoms with van der Waals surface area (Å²) >= 11 is 0. The number of amides is 1. The smallest absolute Gasteiger partial charge is 0.298 e. The van der Waals surface area contributed by atoms with Crippen LogP contribution in [0.3, 0.4) is 0 Å². The number of aliphatic hydroxyl groups excluding tert-OH is 1. The quantitative estimate of drug-likeness (QED) is 0.665. The molecule has 6 heteroatoms. The van der Waals surface area contributed by atoms with Crippen molar-refractivity contribution < 1.29 is 19.4 Å². The molecule has 4 N–H and O–H groups in total. The number of nitrogens with two attached hydrogens (primary N) is 1. The summed E-state index contributed by atoms with van der Waals surface area (Å²) in [6, 6.07) is 12.6. The lowest BCUT2D eigenvalue weighted by Gasteiger charge is -2.20. The van der Waals surface area contributed by atoms with E-state index in [4.69, 9.17) is 10.5 Å². The van der Waals surface area contributed by atoms with Crippen molar-refractivity contribution in [2.75, 3.05) is 7.05 Å². The third-order valence-corrected chi connectivity index (χ3v) is 4.83. The highest BCUT2D eigenvalue weighted by Gasteiger charge is 2.09. The first-order chi connectivity index (χ1) is 13.6. The zero-order valence-corrected chi connectivity index (χ0v) is 16.2. The Kier molecular flexibility index (Phi) is 8.65. The van der Waals surface area contributed by atoms with Crippen molar-refractivity contribution >= 4 is 12.4 Å². The molecule has 2 aromatic rings. The first-order valence-corrected chi connectivity index (χ1v) is 9.50. The van der Waals surface area contributed by atoms with Gasteiger partial charge in [0, 0.05) is 11.6 Å². The fourth-order valence-electron chi connectivity index (χ4n) is 3.29.